The molecule has 4 rings (SSSR count). The Morgan fingerprint density at radius 3 is 2.54 bits per heavy atom. The summed E-state index contributed by atoms with van der Waals surface area (Å²) in [7, 11) is -2.88. The summed E-state index contributed by atoms with van der Waals surface area (Å²) in [6, 6.07) is 5.79. The summed E-state index contributed by atoms with van der Waals surface area (Å²) in [6.07, 6.45) is 4.96. The van der Waals surface area contributed by atoms with Crippen molar-refractivity contribution >= 4 is 21.8 Å². The molecule has 2 fully saturated rings. The van der Waals surface area contributed by atoms with Gasteiger partial charge in [-0.25, -0.2) is 8.42 Å². The van der Waals surface area contributed by atoms with Gasteiger partial charge in [0.2, 0.25) is 5.91 Å². The molecule has 1 aromatic carbocycles. The quantitative estimate of drug-likeness (QED) is 0.702. The maximum Gasteiger partial charge on any atom is 0.246 e. The van der Waals surface area contributed by atoms with Crippen LogP contribution in [-0.4, -0.2) is 81.1 Å². The highest BCUT2D eigenvalue weighted by atomic mass is 32.2. The molecule has 3 aliphatic heterocycles. The number of fused-ring (bicyclic) bond motifs is 1. The third kappa shape index (κ3) is 4.50. The SMILES string of the molecule is O=C(C=Cc1ccc2c(c1)OCCCO2)N1CCN(C2CCS(=O)(=O)C2)CC1. The summed E-state index contributed by atoms with van der Waals surface area (Å²) in [5.41, 5.74) is 0.896. The molecule has 1 unspecified atom stereocenters. The van der Waals surface area contributed by atoms with Crippen molar-refractivity contribution in [3.05, 3.63) is 29.8 Å². The number of benzene rings is 1. The number of piperazine rings is 1. The van der Waals surface area contributed by atoms with Crippen molar-refractivity contribution in [2.24, 2.45) is 0 Å². The number of sulfone groups is 1. The number of carbonyl (C=O) groups excluding carboxylic acids is 1. The van der Waals surface area contributed by atoms with Crippen LogP contribution in [0.4, 0.5) is 0 Å². The number of ether oxygens (including phenoxy) is 2. The van der Waals surface area contributed by atoms with E-state index < -0.39 is 9.84 Å². The monoisotopic (exact) mass is 406 g/mol. The number of hydrogen-bond acceptors (Lipinski definition) is 6. The molecule has 1 amide bonds. The second-order valence-corrected chi connectivity index (χ2v) is 9.74. The summed E-state index contributed by atoms with van der Waals surface area (Å²) >= 11 is 0. The van der Waals surface area contributed by atoms with E-state index in [1.165, 1.54) is 0 Å². The number of rotatable bonds is 3. The molecule has 0 N–H and O–H groups in total. The van der Waals surface area contributed by atoms with Crippen LogP contribution in [0.25, 0.3) is 6.08 Å². The van der Waals surface area contributed by atoms with E-state index in [-0.39, 0.29) is 23.5 Å². The van der Waals surface area contributed by atoms with E-state index in [0.29, 0.717) is 38.5 Å². The van der Waals surface area contributed by atoms with Crippen LogP contribution in [0.3, 0.4) is 0 Å². The van der Waals surface area contributed by atoms with E-state index in [0.717, 1.165) is 30.8 Å². The maximum atomic E-state index is 12.5. The highest BCUT2D eigenvalue weighted by Gasteiger charge is 2.34. The lowest BCUT2D eigenvalue weighted by molar-refractivity contribution is -0.127. The van der Waals surface area contributed by atoms with Gasteiger partial charge >= 0.3 is 0 Å². The van der Waals surface area contributed by atoms with Crippen LogP contribution in [0.1, 0.15) is 18.4 Å². The molecular weight excluding hydrogens is 380 g/mol. The first-order chi connectivity index (χ1) is 13.5. The van der Waals surface area contributed by atoms with Crippen LogP contribution < -0.4 is 9.47 Å². The minimum atomic E-state index is -2.88. The zero-order valence-electron chi connectivity index (χ0n) is 15.9. The van der Waals surface area contributed by atoms with Gasteiger partial charge < -0.3 is 14.4 Å². The summed E-state index contributed by atoms with van der Waals surface area (Å²) < 4.78 is 34.6. The van der Waals surface area contributed by atoms with E-state index in [2.05, 4.69) is 4.90 Å². The van der Waals surface area contributed by atoms with Gasteiger partial charge in [0.25, 0.3) is 0 Å². The number of hydrogen-bond donors (Lipinski definition) is 0. The molecule has 8 heteroatoms. The summed E-state index contributed by atoms with van der Waals surface area (Å²) in [5.74, 6) is 1.98. The first kappa shape index (κ1) is 19.3. The molecule has 0 spiro atoms. The lowest BCUT2D eigenvalue weighted by atomic mass is 10.1. The topological polar surface area (TPSA) is 76.2 Å². The molecule has 28 heavy (non-hydrogen) atoms. The predicted molar refractivity (Wildman–Crippen MR) is 106 cm³/mol. The molecule has 7 nitrogen and oxygen atoms in total. The molecule has 1 atom stereocenters. The molecule has 0 radical (unpaired) electrons. The van der Waals surface area contributed by atoms with Crippen molar-refractivity contribution in [3.63, 3.8) is 0 Å². The summed E-state index contributed by atoms with van der Waals surface area (Å²) in [6.45, 7) is 3.99. The minimum Gasteiger partial charge on any atom is -0.490 e. The van der Waals surface area contributed by atoms with Crippen molar-refractivity contribution in [3.8, 4) is 11.5 Å². The molecular formula is C20H26N2O5S. The van der Waals surface area contributed by atoms with E-state index in [1.807, 2.05) is 23.1 Å². The normalized spacial score (nSPS) is 25.0. The van der Waals surface area contributed by atoms with Gasteiger partial charge in [0.05, 0.1) is 24.7 Å². The second kappa shape index (κ2) is 8.13. The summed E-state index contributed by atoms with van der Waals surface area (Å²) in [5, 5.41) is 0. The molecule has 3 aliphatic rings. The molecule has 0 aliphatic carbocycles. The smallest absolute Gasteiger partial charge is 0.246 e. The van der Waals surface area contributed by atoms with Crippen molar-refractivity contribution in [2.75, 3.05) is 50.9 Å². The van der Waals surface area contributed by atoms with Gasteiger partial charge in [-0.2, -0.15) is 0 Å². The summed E-state index contributed by atoms with van der Waals surface area (Å²) in [4.78, 5) is 16.5. The van der Waals surface area contributed by atoms with Crippen molar-refractivity contribution < 1.29 is 22.7 Å². The molecule has 0 aromatic heterocycles. The van der Waals surface area contributed by atoms with Gasteiger partial charge in [-0.3, -0.25) is 9.69 Å². The number of carbonyl (C=O) groups is 1. The Kier molecular flexibility index (Phi) is 5.59. The third-order valence-electron chi connectivity index (χ3n) is 5.54. The Morgan fingerprint density at radius 1 is 1.07 bits per heavy atom. The van der Waals surface area contributed by atoms with E-state index in [4.69, 9.17) is 9.47 Å². The van der Waals surface area contributed by atoms with Gasteiger partial charge in [-0.05, 0) is 30.2 Å². The standard InChI is InChI=1S/C20H26N2O5S/c23-20(5-3-16-2-4-18-19(14-16)27-12-1-11-26-18)22-9-7-21(8-10-22)17-6-13-28(24,25)15-17/h2-5,14,17H,1,6-13,15H2. The Balaban J connectivity index is 1.31. The van der Waals surface area contributed by atoms with E-state index in [1.54, 1.807) is 12.2 Å². The van der Waals surface area contributed by atoms with Crippen molar-refractivity contribution in [1.29, 1.82) is 0 Å². The van der Waals surface area contributed by atoms with Crippen LogP contribution in [0.2, 0.25) is 0 Å². The highest BCUT2D eigenvalue weighted by molar-refractivity contribution is 7.91. The zero-order valence-corrected chi connectivity index (χ0v) is 16.7. The number of nitrogens with zero attached hydrogens (tertiary/aromatic N) is 2. The molecule has 2 saturated heterocycles. The Hall–Kier alpha value is -2.06. The highest BCUT2D eigenvalue weighted by Crippen LogP contribution is 2.30. The van der Waals surface area contributed by atoms with Crippen LogP contribution in [-0.2, 0) is 14.6 Å². The molecule has 0 saturated carbocycles. The fourth-order valence-corrected chi connectivity index (χ4v) is 5.69. The lowest BCUT2D eigenvalue weighted by Crippen LogP contribution is -2.52. The molecule has 0 bridgehead atoms. The van der Waals surface area contributed by atoms with Crippen LogP contribution in [0.5, 0.6) is 11.5 Å². The van der Waals surface area contributed by atoms with Crippen molar-refractivity contribution in [2.45, 2.75) is 18.9 Å². The first-order valence-corrected chi connectivity index (χ1v) is 11.6. The molecule has 1 aromatic rings. The van der Waals surface area contributed by atoms with Gasteiger partial charge in [0, 0.05) is 44.7 Å². The van der Waals surface area contributed by atoms with E-state index >= 15 is 0 Å². The Labute approximate surface area is 165 Å². The van der Waals surface area contributed by atoms with Crippen LogP contribution in [0.15, 0.2) is 24.3 Å². The van der Waals surface area contributed by atoms with Gasteiger partial charge in [0.15, 0.2) is 21.3 Å². The molecule has 152 valence electrons. The van der Waals surface area contributed by atoms with Crippen LogP contribution >= 0.6 is 0 Å². The number of amides is 1. The fraction of sp³-hybridized carbons (Fsp3) is 0.550. The predicted octanol–water partition coefficient (Wildman–Crippen LogP) is 1.19. The van der Waals surface area contributed by atoms with Crippen molar-refractivity contribution in [1.82, 2.24) is 9.80 Å². The lowest BCUT2D eigenvalue weighted by Gasteiger charge is -2.37. The van der Waals surface area contributed by atoms with E-state index in [9.17, 15) is 13.2 Å². The Morgan fingerprint density at radius 2 is 1.82 bits per heavy atom. The maximum absolute atomic E-state index is 12.5. The second-order valence-electron chi connectivity index (χ2n) is 7.51. The minimum absolute atomic E-state index is 0.0224. The van der Waals surface area contributed by atoms with Gasteiger partial charge in [-0.1, -0.05) is 6.07 Å². The Bertz CT molecular complexity index is 859. The van der Waals surface area contributed by atoms with Crippen LogP contribution in [0, 0.1) is 0 Å². The zero-order chi connectivity index (χ0) is 19.6. The average molecular weight is 407 g/mol. The van der Waals surface area contributed by atoms with Gasteiger partial charge in [0.1, 0.15) is 0 Å². The average Bonchev–Trinajstić information content (AvgIpc) is 2.91. The first-order valence-electron chi connectivity index (χ1n) is 9.81. The van der Waals surface area contributed by atoms with Gasteiger partial charge in [-0.15, -0.1) is 0 Å². The largest absolute Gasteiger partial charge is 0.490 e. The fourth-order valence-electron chi connectivity index (χ4n) is 3.93. The third-order valence-corrected chi connectivity index (χ3v) is 7.29. The molecule has 3 heterocycles.